The van der Waals surface area contributed by atoms with Crippen LogP contribution in [0.4, 0.5) is 5.69 Å². The number of amides is 2. The van der Waals surface area contributed by atoms with Crippen molar-refractivity contribution in [2.24, 2.45) is 0 Å². The molecule has 0 bridgehead atoms. The molecule has 0 saturated heterocycles. The Bertz CT molecular complexity index is 1500. The number of hydrogen-bond donors (Lipinski definition) is 1. The predicted octanol–water partition coefficient (Wildman–Crippen LogP) is 6.59. The van der Waals surface area contributed by atoms with Crippen LogP contribution in [0.5, 0.6) is 0 Å². The zero-order chi connectivity index (χ0) is 31.7. The third kappa shape index (κ3) is 9.83. The highest BCUT2D eigenvalue weighted by Gasteiger charge is 2.32. The summed E-state index contributed by atoms with van der Waals surface area (Å²) < 4.78 is 26.9. The Morgan fingerprint density at radius 1 is 0.909 bits per heavy atom. The molecule has 4 rings (SSSR count). The molecule has 236 valence electrons. The van der Waals surface area contributed by atoms with Crippen LogP contribution in [0.3, 0.4) is 0 Å². The van der Waals surface area contributed by atoms with Crippen molar-refractivity contribution in [2.45, 2.75) is 83.8 Å². The summed E-state index contributed by atoms with van der Waals surface area (Å²) in [5, 5.41) is 3.81. The molecule has 1 saturated carbocycles. The monoisotopic (exact) mass is 637 g/mol. The Morgan fingerprint density at radius 3 is 2.20 bits per heavy atom. The lowest BCUT2D eigenvalue weighted by molar-refractivity contribution is -0.141. The summed E-state index contributed by atoms with van der Waals surface area (Å²) in [6.07, 6.45) is 7.14. The predicted molar refractivity (Wildman–Crippen MR) is 178 cm³/mol. The normalized spacial score (nSPS) is 14.5. The van der Waals surface area contributed by atoms with Gasteiger partial charge in [-0.2, -0.15) is 0 Å². The molecular weight excluding hydrogens is 594 g/mol. The fraction of sp³-hybridized carbons (Fsp3) is 0.429. The lowest BCUT2D eigenvalue weighted by Crippen LogP contribution is -2.52. The number of sulfonamides is 1. The zero-order valence-electron chi connectivity index (χ0n) is 26.0. The summed E-state index contributed by atoms with van der Waals surface area (Å²) in [5.41, 5.74) is 4.29. The molecule has 1 fully saturated rings. The number of benzene rings is 3. The molecule has 7 nitrogen and oxygen atoms in total. The van der Waals surface area contributed by atoms with Crippen LogP contribution in [0.1, 0.15) is 67.2 Å². The molecule has 1 N–H and O–H groups in total. The molecule has 0 radical (unpaired) electrons. The minimum absolute atomic E-state index is 0.0827. The lowest BCUT2D eigenvalue weighted by atomic mass is 9.94. The molecule has 44 heavy (non-hydrogen) atoms. The van der Waals surface area contributed by atoms with E-state index in [1.165, 1.54) is 17.0 Å². The average molecular weight is 638 g/mol. The first-order chi connectivity index (χ1) is 21.0. The molecule has 3 aromatic rings. The van der Waals surface area contributed by atoms with E-state index in [0.29, 0.717) is 23.6 Å². The summed E-state index contributed by atoms with van der Waals surface area (Å²) in [6.45, 7) is 4.22. The van der Waals surface area contributed by atoms with Gasteiger partial charge in [0.1, 0.15) is 6.04 Å². The molecule has 0 aromatic heterocycles. The van der Waals surface area contributed by atoms with E-state index in [1.807, 2.05) is 80.6 Å². The highest BCUT2D eigenvalue weighted by molar-refractivity contribution is 7.92. The van der Waals surface area contributed by atoms with Crippen LogP contribution in [0, 0.1) is 13.8 Å². The van der Waals surface area contributed by atoms with E-state index in [4.69, 9.17) is 11.6 Å². The van der Waals surface area contributed by atoms with Gasteiger partial charge in [0.05, 0.1) is 11.9 Å². The van der Waals surface area contributed by atoms with Crippen LogP contribution in [-0.4, -0.2) is 50.0 Å². The molecular formula is C35H44ClN3O4S. The van der Waals surface area contributed by atoms with Crippen LogP contribution in [0.2, 0.25) is 5.02 Å². The Balaban J connectivity index is 1.60. The zero-order valence-corrected chi connectivity index (χ0v) is 27.5. The van der Waals surface area contributed by atoms with Crippen molar-refractivity contribution in [3.8, 4) is 0 Å². The van der Waals surface area contributed by atoms with Crippen LogP contribution in [-0.2, 0) is 32.6 Å². The number of nitrogens with one attached hydrogen (secondary N) is 1. The van der Waals surface area contributed by atoms with E-state index in [9.17, 15) is 18.0 Å². The maximum absolute atomic E-state index is 14.1. The van der Waals surface area contributed by atoms with Crippen molar-refractivity contribution in [3.63, 3.8) is 0 Å². The third-order valence-electron chi connectivity index (χ3n) is 8.11. The smallest absolute Gasteiger partial charge is 0.243 e. The number of halogens is 1. The number of anilines is 1. The van der Waals surface area contributed by atoms with E-state index in [0.717, 1.165) is 47.9 Å². The molecule has 1 atom stereocenters. The molecule has 9 heteroatoms. The van der Waals surface area contributed by atoms with E-state index in [1.54, 1.807) is 11.0 Å². The van der Waals surface area contributed by atoms with Gasteiger partial charge in [0.15, 0.2) is 0 Å². The summed E-state index contributed by atoms with van der Waals surface area (Å²) in [7, 11) is -3.58. The fourth-order valence-corrected chi connectivity index (χ4v) is 7.19. The van der Waals surface area contributed by atoms with Crippen molar-refractivity contribution in [3.05, 3.63) is 100 Å². The van der Waals surface area contributed by atoms with Crippen LogP contribution in [0.15, 0.2) is 72.8 Å². The van der Waals surface area contributed by atoms with Gasteiger partial charge in [0.25, 0.3) is 0 Å². The van der Waals surface area contributed by atoms with Gasteiger partial charge in [-0.3, -0.25) is 13.9 Å². The molecule has 0 unspecified atom stereocenters. The number of rotatable bonds is 13. The Kier molecular flexibility index (Phi) is 11.9. The second-order valence-electron chi connectivity index (χ2n) is 12.0. The van der Waals surface area contributed by atoms with E-state index in [-0.39, 0.29) is 37.4 Å². The highest BCUT2D eigenvalue weighted by atomic mass is 35.5. The van der Waals surface area contributed by atoms with Crippen molar-refractivity contribution < 1.29 is 18.0 Å². The molecule has 1 aliphatic rings. The maximum Gasteiger partial charge on any atom is 0.243 e. The average Bonchev–Trinajstić information content (AvgIpc) is 2.97. The minimum Gasteiger partial charge on any atom is -0.352 e. The van der Waals surface area contributed by atoms with Crippen LogP contribution >= 0.6 is 11.6 Å². The molecule has 3 aromatic carbocycles. The highest BCUT2D eigenvalue weighted by Crippen LogP contribution is 2.24. The topological polar surface area (TPSA) is 86.8 Å². The van der Waals surface area contributed by atoms with Gasteiger partial charge >= 0.3 is 0 Å². The van der Waals surface area contributed by atoms with Crippen LogP contribution in [0.25, 0.3) is 0 Å². The van der Waals surface area contributed by atoms with Gasteiger partial charge in [-0.15, -0.1) is 0 Å². The molecule has 0 aliphatic heterocycles. The minimum atomic E-state index is -3.58. The number of carbonyl (C=O) groups excluding carboxylic acids is 2. The Labute approximate surface area is 267 Å². The third-order valence-corrected chi connectivity index (χ3v) is 9.54. The molecule has 0 spiro atoms. The maximum atomic E-state index is 14.1. The molecule has 1 aliphatic carbocycles. The number of nitrogens with zero attached hydrogens (tertiary/aromatic N) is 2. The standard InChI is InChI=1S/C35H44ClN3O4S/c1-26-20-27(2)22-32(21-26)39(44(3,42)43)19-11-18-34(40)38(25-29-14-10-15-30(36)23-29)33(24-28-12-6-4-7-13-28)35(41)37-31-16-8-5-9-17-31/h4,6-7,10,12-15,20-23,31,33H,5,8-9,11,16-19,24-25H2,1-3H3,(H,37,41)/t33-/m0/s1. The second kappa shape index (κ2) is 15.6. The van der Waals surface area contributed by atoms with Gasteiger partial charge in [0, 0.05) is 37.0 Å². The quantitative estimate of drug-likeness (QED) is 0.229. The van der Waals surface area contributed by atoms with Crippen LogP contribution < -0.4 is 9.62 Å². The SMILES string of the molecule is Cc1cc(C)cc(N(CCCC(=O)N(Cc2cccc(Cl)c2)[C@@H](Cc2ccccc2)C(=O)NC2CCCCC2)S(C)(=O)=O)c1. The first-order valence-electron chi connectivity index (χ1n) is 15.4. The summed E-state index contributed by atoms with van der Waals surface area (Å²) >= 11 is 6.31. The van der Waals surface area contributed by atoms with E-state index < -0.39 is 16.1 Å². The van der Waals surface area contributed by atoms with Gasteiger partial charge in [-0.1, -0.05) is 79.4 Å². The van der Waals surface area contributed by atoms with Crippen molar-refractivity contribution in [1.29, 1.82) is 0 Å². The lowest BCUT2D eigenvalue weighted by Gasteiger charge is -2.34. The van der Waals surface area contributed by atoms with Gasteiger partial charge in [-0.25, -0.2) is 8.42 Å². The van der Waals surface area contributed by atoms with Crippen molar-refractivity contribution in [1.82, 2.24) is 10.2 Å². The summed E-state index contributed by atoms with van der Waals surface area (Å²) in [5.74, 6) is -0.372. The number of aryl methyl sites for hydroxylation is 2. The first kappa shape index (κ1) is 33.5. The van der Waals surface area contributed by atoms with Crippen molar-refractivity contribution in [2.75, 3.05) is 17.1 Å². The summed E-state index contributed by atoms with van der Waals surface area (Å²) in [6, 6.07) is 22.1. The first-order valence-corrected chi connectivity index (χ1v) is 17.7. The second-order valence-corrected chi connectivity index (χ2v) is 14.3. The Hall–Kier alpha value is -3.36. The largest absolute Gasteiger partial charge is 0.352 e. The van der Waals surface area contributed by atoms with Crippen molar-refractivity contribution >= 4 is 39.1 Å². The van der Waals surface area contributed by atoms with Gasteiger partial charge < -0.3 is 10.2 Å². The van der Waals surface area contributed by atoms with Gasteiger partial charge in [0.2, 0.25) is 21.8 Å². The summed E-state index contributed by atoms with van der Waals surface area (Å²) in [4.78, 5) is 29.7. The number of carbonyl (C=O) groups is 2. The Morgan fingerprint density at radius 2 is 1.57 bits per heavy atom. The molecule has 2 amide bonds. The molecule has 0 heterocycles. The van der Waals surface area contributed by atoms with E-state index >= 15 is 0 Å². The van der Waals surface area contributed by atoms with E-state index in [2.05, 4.69) is 5.32 Å². The fourth-order valence-electron chi connectivity index (χ4n) is 6.03. The number of hydrogen-bond acceptors (Lipinski definition) is 4. The van der Waals surface area contributed by atoms with Gasteiger partial charge in [-0.05, 0) is 79.6 Å².